The lowest BCUT2D eigenvalue weighted by atomic mass is 10.1. The van der Waals surface area contributed by atoms with Crippen molar-refractivity contribution < 1.29 is 21.6 Å². The lowest BCUT2D eigenvalue weighted by Crippen LogP contribution is -2.37. The van der Waals surface area contributed by atoms with Crippen LogP contribution in [-0.2, 0) is 16.9 Å². The van der Waals surface area contributed by atoms with Crippen LogP contribution in [0.25, 0.3) is 28.7 Å². The predicted molar refractivity (Wildman–Crippen MR) is 141 cm³/mol. The van der Waals surface area contributed by atoms with Crippen LogP contribution in [0.2, 0.25) is 19.6 Å². The fourth-order valence-corrected chi connectivity index (χ4v) is 5.84. The van der Waals surface area contributed by atoms with Crippen LogP contribution in [0.4, 0.5) is 13.2 Å². The number of hydrogen-bond donors (Lipinski definition) is 0. The Labute approximate surface area is 210 Å². The van der Waals surface area contributed by atoms with E-state index in [1.54, 1.807) is 26.2 Å². The molecule has 192 valence electrons. The average molecular weight is 535 g/mol. The summed E-state index contributed by atoms with van der Waals surface area (Å²) in [5.74, 6) is -0.0361. The van der Waals surface area contributed by atoms with Gasteiger partial charge >= 0.3 is 6.18 Å². The monoisotopic (exact) mass is 534 g/mol. The summed E-state index contributed by atoms with van der Waals surface area (Å²) in [4.78, 5) is 11.8. The Morgan fingerprint density at radius 3 is 2.28 bits per heavy atom. The minimum absolute atomic E-state index is 0.000108. The maximum Gasteiger partial charge on any atom is 0.433 e. The van der Waals surface area contributed by atoms with Gasteiger partial charge in [0.15, 0.2) is 15.7 Å². The zero-order valence-electron chi connectivity index (χ0n) is 21.1. The van der Waals surface area contributed by atoms with Crippen molar-refractivity contribution in [3.8, 4) is 22.6 Å². The summed E-state index contributed by atoms with van der Waals surface area (Å²) in [6.45, 7) is 12.8. The molecule has 3 rings (SSSR count). The summed E-state index contributed by atoms with van der Waals surface area (Å²) < 4.78 is 67.3. The Kier molecular flexibility index (Phi) is 7.48. The number of rotatable bonds is 7. The fraction of sp³-hybridized carbons (Fsp3) is 0.320. The minimum Gasteiger partial charge on any atom is -0.329 e. The Morgan fingerprint density at radius 1 is 1.17 bits per heavy atom. The number of sulfone groups is 1. The second-order valence-corrected chi connectivity index (χ2v) is 16.8. The molecule has 0 N–H and O–H groups in total. The topological polar surface area (TPSA) is 77.2 Å². The van der Waals surface area contributed by atoms with Gasteiger partial charge in [-0.05, 0) is 31.3 Å². The Bertz CT molecular complexity index is 1440. The molecule has 2 heterocycles. The van der Waals surface area contributed by atoms with Gasteiger partial charge in [0.2, 0.25) is 0 Å². The molecule has 3 aromatic rings. The van der Waals surface area contributed by atoms with E-state index in [-0.39, 0.29) is 27.9 Å². The summed E-state index contributed by atoms with van der Waals surface area (Å²) in [6.07, 6.45) is -2.36. The molecule has 0 saturated heterocycles. The number of aliphatic imine (C=N–C) groups is 1. The molecule has 11 heteroatoms. The van der Waals surface area contributed by atoms with Gasteiger partial charge in [-0.3, -0.25) is 9.98 Å². The highest BCUT2D eigenvalue weighted by molar-refractivity contribution is 7.91. The third-order valence-corrected chi connectivity index (χ3v) is 9.82. The van der Waals surface area contributed by atoms with Crippen LogP contribution in [0.3, 0.4) is 0 Å². The van der Waals surface area contributed by atoms with E-state index < -0.39 is 29.8 Å². The van der Waals surface area contributed by atoms with E-state index in [1.807, 2.05) is 12.1 Å². The van der Waals surface area contributed by atoms with E-state index in [0.29, 0.717) is 11.3 Å². The number of hydrogen-bond acceptors (Lipinski definition) is 5. The molecule has 0 aliphatic heterocycles. The van der Waals surface area contributed by atoms with Gasteiger partial charge in [-0.1, -0.05) is 56.0 Å². The summed E-state index contributed by atoms with van der Waals surface area (Å²) >= 11 is 0. The zero-order chi connectivity index (χ0) is 27.1. The van der Waals surface area contributed by atoms with E-state index in [1.165, 1.54) is 16.7 Å². The summed E-state index contributed by atoms with van der Waals surface area (Å²) in [6, 6.07) is 9.55. The molecule has 2 aromatic heterocycles. The minimum atomic E-state index is -4.70. The molecule has 0 atom stereocenters. The first-order chi connectivity index (χ1) is 16.6. The molecule has 0 aliphatic rings. The standard InChI is InChI=1S/C25H29F3N4O2SSi/c1-8-35(33,34)21-13-18(17-9-11-19(12-10-17)36(5,6)7)15-30-23(21)24-31-20(16(2)32(24)4)14-22(29-3)25(26,27)28/h9-15H,3,8H2,1-2,4-7H3/b22-14-. The van der Waals surface area contributed by atoms with Crippen molar-refractivity contribution in [1.82, 2.24) is 14.5 Å². The quantitative estimate of drug-likeness (QED) is 0.300. The number of pyridine rings is 1. The third-order valence-electron chi connectivity index (χ3n) is 6.02. The number of aromatic nitrogens is 3. The van der Waals surface area contributed by atoms with Gasteiger partial charge < -0.3 is 4.57 Å². The molecular weight excluding hydrogens is 505 g/mol. The van der Waals surface area contributed by atoms with Crippen LogP contribution < -0.4 is 5.19 Å². The van der Waals surface area contributed by atoms with Crippen molar-refractivity contribution in [3.05, 3.63) is 53.6 Å². The third kappa shape index (κ3) is 5.51. The van der Waals surface area contributed by atoms with Gasteiger partial charge in [-0.25, -0.2) is 13.4 Å². The van der Waals surface area contributed by atoms with Crippen LogP contribution >= 0.6 is 0 Å². The van der Waals surface area contributed by atoms with Crippen LogP contribution in [-0.4, -0.2) is 49.7 Å². The molecule has 0 spiro atoms. The van der Waals surface area contributed by atoms with Crippen LogP contribution in [0.1, 0.15) is 18.3 Å². The fourth-order valence-electron chi connectivity index (χ4n) is 3.62. The molecular formula is C25H29F3N4O2SSi. The van der Waals surface area contributed by atoms with E-state index in [4.69, 9.17) is 0 Å². The van der Waals surface area contributed by atoms with E-state index >= 15 is 0 Å². The van der Waals surface area contributed by atoms with Gasteiger partial charge in [0, 0.05) is 24.5 Å². The summed E-state index contributed by atoms with van der Waals surface area (Å²) in [7, 11) is -3.65. The number of nitrogens with zero attached hydrogens (tertiary/aromatic N) is 4. The highest BCUT2D eigenvalue weighted by Crippen LogP contribution is 2.33. The highest BCUT2D eigenvalue weighted by Gasteiger charge is 2.34. The lowest BCUT2D eigenvalue weighted by Gasteiger charge is -2.17. The number of halogens is 3. The second-order valence-electron chi connectivity index (χ2n) is 9.45. The molecule has 1 aromatic carbocycles. The first kappa shape index (κ1) is 27.5. The Balaban J connectivity index is 2.20. The SMILES string of the molecule is C=N/C(=C\c1nc(-c2ncc(-c3ccc([Si](C)(C)C)cc3)cc2S(=O)(=O)CC)n(C)c1C)C(F)(F)F. The molecule has 0 amide bonds. The maximum atomic E-state index is 13.2. The zero-order valence-corrected chi connectivity index (χ0v) is 22.9. The van der Waals surface area contributed by atoms with Crippen LogP contribution in [0.5, 0.6) is 0 Å². The van der Waals surface area contributed by atoms with Crippen molar-refractivity contribution in [1.29, 1.82) is 0 Å². The first-order valence-corrected chi connectivity index (χ1v) is 16.4. The van der Waals surface area contributed by atoms with Crippen molar-refractivity contribution in [2.45, 2.75) is 44.6 Å². The van der Waals surface area contributed by atoms with E-state index in [9.17, 15) is 21.6 Å². The van der Waals surface area contributed by atoms with Gasteiger partial charge in [0.25, 0.3) is 0 Å². The number of alkyl halides is 3. The summed E-state index contributed by atoms with van der Waals surface area (Å²) in [5, 5.41) is 1.27. The smallest absolute Gasteiger partial charge is 0.329 e. The number of benzene rings is 1. The van der Waals surface area contributed by atoms with E-state index in [2.05, 4.69) is 53.5 Å². The lowest BCUT2D eigenvalue weighted by molar-refractivity contribution is -0.0912. The normalized spacial score (nSPS) is 13.2. The summed E-state index contributed by atoms with van der Waals surface area (Å²) in [5.41, 5.74) is 0.707. The number of imidazole rings is 1. The molecule has 0 radical (unpaired) electrons. The molecule has 0 aliphatic carbocycles. The van der Waals surface area contributed by atoms with Gasteiger partial charge in [-0.2, -0.15) is 13.2 Å². The molecule has 6 nitrogen and oxygen atoms in total. The molecule has 0 unspecified atom stereocenters. The molecule has 0 saturated carbocycles. The van der Waals surface area contributed by atoms with Crippen molar-refractivity contribution in [3.63, 3.8) is 0 Å². The second kappa shape index (κ2) is 9.77. The highest BCUT2D eigenvalue weighted by atomic mass is 32.2. The van der Waals surface area contributed by atoms with Gasteiger partial charge in [-0.15, -0.1) is 0 Å². The average Bonchev–Trinajstić information content (AvgIpc) is 3.09. The largest absolute Gasteiger partial charge is 0.433 e. The van der Waals surface area contributed by atoms with Crippen molar-refractivity contribution in [2.24, 2.45) is 12.0 Å². The van der Waals surface area contributed by atoms with Crippen LogP contribution in [0.15, 0.2) is 52.1 Å². The maximum absolute atomic E-state index is 13.2. The Hall–Kier alpha value is -3.05. The molecule has 0 bridgehead atoms. The van der Waals surface area contributed by atoms with Crippen molar-refractivity contribution >= 4 is 35.9 Å². The van der Waals surface area contributed by atoms with E-state index in [0.717, 1.165) is 11.6 Å². The van der Waals surface area contributed by atoms with Crippen LogP contribution in [0, 0.1) is 6.92 Å². The first-order valence-electron chi connectivity index (χ1n) is 11.2. The van der Waals surface area contributed by atoms with Gasteiger partial charge in [0.1, 0.15) is 11.4 Å². The Morgan fingerprint density at radius 2 is 1.78 bits per heavy atom. The van der Waals surface area contributed by atoms with Crippen molar-refractivity contribution in [2.75, 3.05) is 5.75 Å². The van der Waals surface area contributed by atoms with Gasteiger partial charge in [0.05, 0.1) is 24.4 Å². The molecule has 0 fully saturated rings. The molecule has 36 heavy (non-hydrogen) atoms. The number of allylic oxidation sites excluding steroid dienone is 1. The predicted octanol–water partition coefficient (Wildman–Crippen LogP) is 5.40.